The number of hydrogen-bond donors (Lipinski definition) is 1. The van der Waals surface area contributed by atoms with Gasteiger partial charge < -0.3 is 15.0 Å². The second kappa shape index (κ2) is 11.2. The molecule has 0 saturated carbocycles. The minimum Gasteiger partial charge on any atom is -0.461 e. The third-order valence-corrected chi connectivity index (χ3v) is 6.66. The normalized spacial score (nSPS) is 10.8. The first-order valence-corrected chi connectivity index (χ1v) is 12.6. The summed E-state index contributed by atoms with van der Waals surface area (Å²) in [4.78, 5) is 38.1. The zero-order chi connectivity index (χ0) is 25.7. The van der Waals surface area contributed by atoms with Crippen LogP contribution in [0.4, 0.5) is 11.8 Å². The number of esters is 1. The lowest BCUT2D eigenvalue weighted by Crippen LogP contribution is -2.19. The Hall–Kier alpha value is -3.98. The van der Waals surface area contributed by atoms with Crippen molar-refractivity contribution in [1.82, 2.24) is 14.5 Å². The summed E-state index contributed by atoms with van der Waals surface area (Å²) in [5.41, 5.74) is 2.45. The van der Waals surface area contributed by atoms with Crippen LogP contribution in [0.1, 0.15) is 45.6 Å². The largest absolute Gasteiger partial charge is 0.461 e. The molecule has 0 unspecified atom stereocenters. The fourth-order valence-corrected chi connectivity index (χ4v) is 4.63. The lowest BCUT2D eigenvalue weighted by molar-refractivity contribution is 0.0492. The average molecular weight is 504 g/mol. The van der Waals surface area contributed by atoms with Crippen LogP contribution in [-0.4, -0.2) is 47.1 Å². The monoisotopic (exact) mass is 503 g/mol. The predicted molar refractivity (Wildman–Crippen MR) is 143 cm³/mol. The molecule has 36 heavy (non-hydrogen) atoms. The van der Waals surface area contributed by atoms with E-state index in [1.165, 1.54) is 11.3 Å². The highest BCUT2D eigenvalue weighted by Crippen LogP contribution is 2.31. The number of hydrogen-bond acceptors (Lipinski definition) is 7. The summed E-state index contributed by atoms with van der Waals surface area (Å²) in [5, 5.41) is 3.61. The zero-order valence-corrected chi connectivity index (χ0v) is 21.6. The number of unbranched alkanes of at least 4 members (excludes halogenated alkanes) is 1. The summed E-state index contributed by atoms with van der Waals surface area (Å²) < 4.78 is 7.27. The molecule has 1 N–H and O–H groups in total. The summed E-state index contributed by atoms with van der Waals surface area (Å²) in [6.07, 6.45) is 1.64. The van der Waals surface area contributed by atoms with E-state index in [2.05, 4.69) is 15.3 Å². The van der Waals surface area contributed by atoms with E-state index in [0.29, 0.717) is 16.5 Å². The van der Waals surface area contributed by atoms with Gasteiger partial charge in [0.05, 0.1) is 12.3 Å². The number of thiazole rings is 1. The molecular formula is C27H29N5O3S. The molecular weight excluding hydrogens is 474 g/mol. The molecule has 0 aliphatic heterocycles. The smallest absolute Gasteiger partial charge is 0.359 e. The Bertz CT molecular complexity index is 1350. The molecule has 2 heterocycles. The number of rotatable bonds is 9. The molecule has 8 nitrogen and oxygen atoms in total. The molecule has 2 aromatic heterocycles. The molecule has 186 valence electrons. The first-order valence-electron chi connectivity index (χ1n) is 11.8. The highest BCUT2D eigenvalue weighted by atomic mass is 32.1. The molecule has 9 heteroatoms. The zero-order valence-electron chi connectivity index (χ0n) is 20.8. The van der Waals surface area contributed by atoms with Gasteiger partial charge >= 0.3 is 5.97 Å². The van der Waals surface area contributed by atoms with E-state index in [0.717, 1.165) is 29.1 Å². The third-order valence-electron chi connectivity index (χ3n) is 5.45. The highest BCUT2D eigenvalue weighted by molar-refractivity contribution is 7.17. The summed E-state index contributed by atoms with van der Waals surface area (Å²) in [6, 6.07) is 19.1. The summed E-state index contributed by atoms with van der Waals surface area (Å²) in [6.45, 7) is 4.11. The van der Waals surface area contributed by atoms with Crippen LogP contribution in [0.2, 0.25) is 0 Å². The van der Waals surface area contributed by atoms with Gasteiger partial charge in [0, 0.05) is 25.3 Å². The number of amides is 1. The van der Waals surface area contributed by atoms with Gasteiger partial charge in [-0.2, -0.15) is 4.98 Å². The van der Waals surface area contributed by atoms with Gasteiger partial charge in [-0.1, -0.05) is 61.9 Å². The molecule has 2 aromatic carbocycles. The molecule has 0 atom stereocenters. The van der Waals surface area contributed by atoms with Crippen molar-refractivity contribution >= 4 is 35.0 Å². The van der Waals surface area contributed by atoms with E-state index in [1.807, 2.05) is 81.7 Å². The van der Waals surface area contributed by atoms with E-state index >= 15 is 0 Å². The standard InChI is InChI=1S/C27H29N5O3S/c1-5-6-17-35-26(34)21-23(30-27(31(3)4)32(21)20-15-11-8-12-16-20)29-24(33)22-18(2)28-25(36-22)19-13-9-7-10-14-19/h7-16H,5-6,17H2,1-4H3,(H,29,33). The van der Waals surface area contributed by atoms with E-state index in [-0.39, 0.29) is 24.0 Å². The molecule has 0 spiro atoms. The van der Waals surface area contributed by atoms with Crippen LogP contribution in [0, 0.1) is 6.92 Å². The fourth-order valence-electron chi connectivity index (χ4n) is 3.66. The van der Waals surface area contributed by atoms with Gasteiger partial charge in [0.1, 0.15) is 9.88 Å². The summed E-state index contributed by atoms with van der Waals surface area (Å²) >= 11 is 1.30. The van der Waals surface area contributed by atoms with Crippen molar-refractivity contribution in [2.45, 2.75) is 26.7 Å². The Kier molecular flexibility index (Phi) is 7.80. The molecule has 0 aliphatic carbocycles. The number of aryl methyl sites for hydroxylation is 1. The third kappa shape index (κ3) is 5.31. The number of imidazole rings is 1. The topological polar surface area (TPSA) is 89.3 Å². The minimum atomic E-state index is -0.547. The Morgan fingerprint density at radius 1 is 1.03 bits per heavy atom. The molecule has 4 rings (SSSR count). The van der Waals surface area contributed by atoms with Gasteiger partial charge in [0.2, 0.25) is 5.95 Å². The molecule has 0 bridgehead atoms. The van der Waals surface area contributed by atoms with Crippen molar-refractivity contribution in [3.8, 4) is 16.3 Å². The van der Waals surface area contributed by atoms with Crippen molar-refractivity contribution < 1.29 is 14.3 Å². The quantitative estimate of drug-likeness (QED) is 0.237. The number of carbonyl (C=O) groups is 2. The number of para-hydroxylation sites is 1. The number of nitrogens with one attached hydrogen (secondary N) is 1. The molecule has 0 fully saturated rings. The second-order valence-electron chi connectivity index (χ2n) is 8.42. The van der Waals surface area contributed by atoms with Gasteiger partial charge in [-0.15, -0.1) is 11.3 Å². The fraction of sp³-hybridized carbons (Fsp3) is 0.259. The lowest BCUT2D eigenvalue weighted by Gasteiger charge is -2.16. The van der Waals surface area contributed by atoms with Crippen LogP contribution in [0.3, 0.4) is 0 Å². The van der Waals surface area contributed by atoms with E-state index in [1.54, 1.807) is 16.4 Å². The molecule has 0 radical (unpaired) electrons. The van der Waals surface area contributed by atoms with Crippen LogP contribution in [0.15, 0.2) is 60.7 Å². The molecule has 0 saturated heterocycles. The van der Waals surface area contributed by atoms with Gasteiger partial charge in [0.25, 0.3) is 5.91 Å². The molecule has 1 amide bonds. The Balaban J connectivity index is 1.75. The SMILES string of the molecule is CCCCOC(=O)c1c(NC(=O)c2sc(-c3ccccc3)nc2C)nc(N(C)C)n1-c1ccccc1. The van der Waals surface area contributed by atoms with Crippen molar-refractivity contribution in [3.05, 3.63) is 76.9 Å². The molecule has 0 aliphatic rings. The minimum absolute atomic E-state index is 0.142. The molecule has 4 aromatic rings. The lowest BCUT2D eigenvalue weighted by atomic mass is 10.2. The van der Waals surface area contributed by atoms with E-state index in [4.69, 9.17) is 4.74 Å². The maximum absolute atomic E-state index is 13.4. The number of aromatic nitrogens is 3. The van der Waals surface area contributed by atoms with Crippen LogP contribution >= 0.6 is 11.3 Å². The van der Waals surface area contributed by atoms with Crippen LogP contribution < -0.4 is 10.2 Å². The predicted octanol–water partition coefficient (Wildman–Crippen LogP) is 5.58. The summed E-state index contributed by atoms with van der Waals surface area (Å²) in [5.74, 6) is -0.292. The van der Waals surface area contributed by atoms with Crippen LogP contribution in [-0.2, 0) is 4.74 Å². The van der Waals surface area contributed by atoms with Crippen molar-refractivity contribution in [2.24, 2.45) is 0 Å². The van der Waals surface area contributed by atoms with Crippen LogP contribution in [0.25, 0.3) is 16.3 Å². The van der Waals surface area contributed by atoms with Gasteiger partial charge in [-0.05, 0) is 25.5 Å². The van der Waals surface area contributed by atoms with Gasteiger partial charge in [-0.25, -0.2) is 9.78 Å². The van der Waals surface area contributed by atoms with Crippen molar-refractivity contribution in [1.29, 1.82) is 0 Å². The highest BCUT2D eigenvalue weighted by Gasteiger charge is 2.29. The van der Waals surface area contributed by atoms with Crippen molar-refractivity contribution in [2.75, 3.05) is 30.9 Å². The Labute approximate surface area is 214 Å². The Morgan fingerprint density at radius 3 is 2.33 bits per heavy atom. The first kappa shape index (κ1) is 25.1. The second-order valence-corrected chi connectivity index (χ2v) is 9.42. The van der Waals surface area contributed by atoms with E-state index < -0.39 is 5.97 Å². The number of ether oxygens (including phenoxy) is 1. The average Bonchev–Trinajstić information content (AvgIpc) is 3.46. The number of nitrogens with zero attached hydrogens (tertiary/aromatic N) is 4. The maximum Gasteiger partial charge on any atom is 0.359 e. The first-order chi connectivity index (χ1) is 17.4. The van der Waals surface area contributed by atoms with Gasteiger partial charge in [0.15, 0.2) is 11.5 Å². The Morgan fingerprint density at radius 2 is 1.69 bits per heavy atom. The number of carbonyl (C=O) groups excluding carboxylic acids is 2. The van der Waals surface area contributed by atoms with Gasteiger partial charge in [-0.3, -0.25) is 9.36 Å². The number of benzene rings is 2. The van der Waals surface area contributed by atoms with E-state index in [9.17, 15) is 9.59 Å². The van der Waals surface area contributed by atoms with Crippen molar-refractivity contribution in [3.63, 3.8) is 0 Å². The summed E-state index contributed by atoms with van der Waals surface area (Å²) in [7, 11) is 3.66. The maximum atomic E-state index is 13.4. The number of anilines is 2. The van der Waals surface area contributed by atoms with Crippen LogP contribution in [0.5, 0.6) is 0 Å².